The molecule has 0 aromatic heterocycles. The van der Waals surface area contributed by atoms with Gasteiger partial charge in [-0.05, 0) is 49.7 Å². The maximum Gasteiger partial charge on any atom is 0.384 e. The number of carbonyl (C=O) groups excluding carboxylic acids is 2. The number of hydrogen-bond donors (Lipinski definition) is 0. The first kappa shape index (κ1) is 33.7. The van der Waals surface area contributed by atoms with Crippen molar-refractivity contribution in [3.8, 4) is 24.2 Å². The third kappa shape index (κ3) is 26.3. The number of allylic oxidation sites excluding steroid dienone is 4. The van der Waals surface area contributed by atoms with Crippen LogP contribution in [-0.4, -0.2) is 18.9 Å². The van der Waals surface area contributed by atoms with Gasteiger partial charge in [0, 0.05) is 5.92 Å². The number of hydrogen-bond acceptors (Lipinski definition) is 3. The summed E-state index contributed by atoms with van der Waals surface area (Å²) in [6.07, 6.45) is 38.3. The number of esters is 1. The third-order valence-electron chi connectivity index (χ3n) is 6.61. The van der Waals surface area contributed by atoms with Crippen molar-refractivity contribution in [2.75, 3.05) is 7.11 Å². The molecule has 3 heteroatoms. The Morgan fingerprint density at radius 2 is 1.17 bits per heavy atom. The molecule has 0 N–H and O–H groups in total. The first-order valence-corrected chi connectivity index (χ1v) is 14.5. The van der Waals surface area contributed by atoms with E-state index in [0.29, 0.717) is 0 Å². The van der Waals surface area contributed by atoms with E-state index in [0.717, 1.165) is 25.2 Å². The van der Waals surface area contributed by atoms with Crippen molar-refractivity contribution in [1.29, 1.82) is 0 Å². The van der Waals surface area contributed by atoms with E-state index in [2.05, 4.69) is 29.4 Å². The van der Waals surface area contributed by atoms with Gasteiger partial charge in [0.2, 0.25) is 5.78 Å². The van der Waals surface area contributed by atoms with Gasteiger partial charge in [-0.25, -0.2) is 4.79 Å². The van der Waals surface area contributed by atoms with E-state index in [1.807, 2.05) is 12.2 Å². The Kier molecular flexibility index (Phi) is 25.6. The van der Waals surface area contributed by atoms with Crippen LogP contribution in [0.5, 0.6) is 0 Å². The second-order valence-corrected chi connectivity index (χ2v) is 9.99. The van der Waals surface area contributed by atoms with E-state index >= 15 is 0 Å². The molecule has 1 atom stereocenters. The molecule has 1 unspecified atom stereocenters. The van der Waals surface area contributed by atoms with Gasteiger partial charge < -0.3 is 4.74 Å². The number of ketones is 1. The van der Waals surface area contributed by atoms with Gasteiger partial charge in [0.25, 0.3) is 0 Å². The van der Waals surface area contributed by atoms with Crippen molar-refractivity contribution in [2.24, 2.45) is 5.92 Å². The van der Waals surface area contributed by atoms with Crippen LogP contribution in [0, 0.1) is 30.1 Å². The van der Waals surface area contributed by atoms with Crippen molar-refractivity contribution in [3.05, 3.63) is 24.3 Å². The lowest BCUT2D eigenvalue weighted by Crippen LogP contribution is -1.95. The second-order valence-electron chi connectivity index (χ2n) is 9.99. The van der Waals surface area contributed by atoms with Crippen LogP contribution in [0.15, 0.2) is 24.3 Å². The Morgan fingerprint density at radius 3 is 1.64 bits per heavy atom. The van der Waals surface area contributed by atoms with Crippen molar-refractivity contribution >= 4 is 11.8 Å². The van der Waals surface area contributed by atoms with Crippen LogP contribution in [-0.2, 0) is 14.3 Å². The summed E-state index contributed by atoms with van der Waals surface area (Å²) in [6.45, 7) is 2.43. The quantitative estimate of drug-likeness (QED) is 0.0354. The molecule has 36 heavy (non-hydrogen) atoms. The average Bonchev–Trinajstić information content (AvgIpc) is 2.88. The van der Waals surface area contributed by atoms with Crippen molar-refractivity contribution in [3.63, 3.8) is 0 Å². The molecule has 0 aromatic carbocycles. The van der Waals surface area contributed by atoms with E-state index < -0.39 is 5.97 Å². The van der Waals surface area contributed by atoms with Crippen molar-refractivity contribution in [1.82, 2.24) is 0 Å². The minimum absolute atomic E-state index is 0.226. The number of terminal acetylenes is 1. The zero-order valence-corrected chi connectivity index (χ0v) is 23.3. The molecule has 0 amide bonds. The summed E-state index contributed by atoms with van der Waals surface area (Å²) in [4.78, 5) is 21.8. The van der Waals surface area contributed by atoms with Crippen LogP contribution in [0.4, 0.5) is 0 Å². The highest BCUT2D eigenvalue weighted by Crippen LogP contribution is 2.19. The molecule has 0 aliphatic carbocycles. The summed E-state index contributed by atoms with van der Waals surface area (Å²) in [7, 11) is 1.34. The molecule has 0 saturated heterocycles. The van der Waals surface area contributed by atoms with E-state index in [-0.39, 0.29) is 5.78 Å². The fraction of sp³-hybridized carbons (Fsp3) is 0.697. The van der Waals surface area contributed by atoms with E-state index in [4.69, 9.17) is 6.42 Å². The van der Waals surface area contributed by atoms with Gasteiger partial charge in [-0.1, -0.05) is 128 Å². The highest BCUT2D eigenvalue weighted by molar-refractivity contribution is 6.03. The first-order valence-electron chi connectivity index (χ1n) is 14.5. The fourth-order valence-electron chi connectivity index (χ4n) is 4.31. The monoisotopic (exact) mass is 496 g/mol. The molecule has 0 spiro atoms. The molecule has 0 aliphatic heterocycles. The van der Waals surface area contributed by atoms with Crippen LogP contribution in [0.1, 0.15) is 135 Å². The van der Waals surface area contributed by atoms with Gasteiger partial charge in [0.05, 0.1) is 7.11 Å². The van der Waals surface area contributed by atoms with Crippen LogP contribution in [0.25, 0.3) is 0 Å². The predicted octanol–water partition coefficient (Wildman–Crippen LogP) is 8.92. The summed E-state index contributed by atoms with van der Waals surface area (Å²) < 4.78 is 4.46. The molecule has 3 nitrogen and oxygen atoms in total. The molecular formula is C33H52O3. The molecule has 0 aromatic rings. The maximum absolute atomic E-state index is 11.0. The molecule has 0 saturated carbocycles. The highest BCUT2D eigenvalue weighted by atomic mass is 16.5. The van der Waals surface area contributed by atoms with Crippen LogP contribution < -0.4 is 0 Å². The fourth-order valence-corrected chi connectivity index (χ4v) is 4.31. The smallest absolute Gasteiger partial charge is 0.384 e. The van der Waals surface area contributed by atoms with Gasteiger partial charge in [0.1, 0.15) is 0 Å². The lowest BCUT2D eigenvalue weighted by atomic mass is 9.95. The molecule has 0 heterocycles. The van der Waals surface area contributed by atoms with Gasteiger partial charge in [-0.15, -0.1) is 6.42 Å². The second kappa shape index (κ2) is 27.3. The average molecular weight is 497 g/mol. The Hall–Kier alpha value is -2.26. The number of unbranched alkanes of at least 4 members (excludes halogenated alkanes) is 16. The Labute approximate surface area is 222 Å². The number of carbonyl (C=O) groups is 2. The Bertz CT molecular complexity index is 699. The lowest BCUT2D eigenvalue weighted by molar-refractivity contribution is -0.133. The topological polar surface area (TPSA) is 43.4 Å². The predicted molar refractivity (Wildman–Crippen MR) is 153 cm³/mol. The lowest BCUT2D eigenvalue weighted by Gasteiger charge is -2.11. The maximum atomic E-state index is 11.0. The number of ether oxygens (including phenoxy) is 1. The minimum atomic E-state index is -0.484. The van der Waals surface area contributed by atoms with E-state index in [1.165, 1.54) is 122 Å². The third-order valence-corrected chi connectivity index (χ3v) is 6.61. The number of rotatable bonds is 23. The molecule has 0 bridgehead atoms. The SMILES string of the molecule is C#CC(=O)/C=C/CCCCCCCCC(C)CCCCCCCCCCCC/C=C\C#CC(=O)OC. The standard InChI is InChI=1S/C33H52O3/c1-4-32(34)29-25-21-17-14-13-16-20-24-28-31(2)27-23-19-15-11-9-7-5-6-8-10-12-18-22-26-30-33(35)36-3/h1,18,22,25,29,31H,5-17,19-21,23-24,27-28H2,2-3H3/b22-18-,29-25+. The van der Waals surface area contributed by atoms with Crippen LogP contribution >= 0.6 is 0 Å². The summed E-state index contributed by atoms with van der Waals surface area (Å²) >= 11 is 0. The zero-order valence-electron chi connectivity index (χ0n) is 23.3. The molecular weight excluding hydrogens is 444 g/mol. The minimum Gasteiger partial charge on any atom is -0.459 e. The molecule has 0 rings (SSSR count). The van der Waals surface area contributed by atoms with Crippen LogP contribution in [0.3, 0.4) is 0 Å². The summed E-state index contributed by atoms with van der Waals surface area (Å²) in [6, 6.07) is 0. The Morgan fingerprint density at radius 1 is 0.722 bits per heavy atom. The van der Waals surface area contributed by atoms with E-state index in [9.17, 15) is 9.59 Å². The summed E-state index contributed by atoms with van der Waals surface area (Å²) in [5.41, 5.74) is 0. The largest absolute Gasteiger partial charge is 0.459 e. The van der Waals surface area contributed by atoms with Gasteiger partial charge >= 0.3 is 5.97 Å². The molecule has 202 valence electrons. The first-order chi connectivity index (χ1) is 17.6. The summed E-state index contributed by atoms with van der Waals surface area (Å²) in [5, 5.41) is 0. The van der Waals surface area contributed by atoms with Gasteiger partial charge in [-0.3, -0.25) is 4.79 Å². The van der Waals surface area contributed by atoms with Crippen molar-refractivity contribution in [2.45, 2.75) is 135 Å². The Balaban J connectivity index is 3.30. The summed E-state index contributed by atoms with van der Waals surface area (Å²) in [5.74, 6) is 7.35. The number of methoxy groups -OCH3 is 1. The normalized spacial score (nSPS) is 11.8. The highest BCUT2D eigenvalue weighted by Gasteiger charge is 2.02. The van der Waals surface area contributed by atoms with Gasteiger partial charge in [-0.2, -0.15) is 0 Å². The van der Waals surface area contributed by atoms with Crippen LogP contribution in [0.2, 0.25) is 0 Å². The molecule has 0 fully saturated rings. The van der Waals surface area contributed by atoms with Crippen molar-refractivity contribution < 1.29 is 14.3 Å². The van der Waals surface area contributed by atoms with E-state index in [1.54, 1.807) is 6.08 Å². The molecule has 0 aliphatic rings. The zero-order chi connectivity index (χ0) is 26.5. The molecule has 0 radical (unpaired) electrons. The van der Waals surface area contributed by atoms with Gasteiger partial charge in [0.15, 0.2) is 0 Å².